The molecule has 0 spiro atoms. The summed E-state index contributed by atoms with van der Waals surface area (Å²) in [6.07, 6.45) is 3.59. The summed E-state index contributed by atoms with van der Waals surface area (Å²) in [5.74, 6) is -1.11. The van der Waals surface area contributed by atoms with E-state index in [-0.39, 0.29) is 11.5 Å². The first-order valence-corrected chi connectivity index (χ1v) is 4.58. The van der Waals surface area contributed by atoms with Crippen LogP contribution in [0, 0.1) is 10.1 Å². The Balaban J connectivity index is 2.38. The average Bonchev–Trinajstić information content (AvgIpc) is 2.88. The van der Waals surface area contributed by atoms with E-state index in [4.69, 9.17) is 0 Å². The van der Waals surface area contributed by atoms with Gasteiger partial charge >= 0.3 is 11.9 Å². The molecule has 18 heavy (non-hydrogen) atoms. The minimum Gasteiger partial charge on any atom is -0.464 e. The molecule has 10 nitrogen and oxygen atoms in total. The lowest BCUT2D eigenvalue weighted by Crippen LogP contribution is -2.08. The zero-order valence-corrected chi connectivity index (χ0v) is 9.05. The van der Waals surface area contributed by atoms with Crippen molar-refractivity contribution >= 4 is 11.9 Å². The molecule has 0 N–H and O–H groups in total. The second-order valence-corrected chi connectivity index (χ2v) is 3.00. The number of ether oxygens (including phenoxy) is 1. The molecule has 0 aromatic carbocycles. The molecule has 0 bridgehead atoms. The van der Waals surface area contributed by atoms with Crippen molar-refractivity contribution in [2.75, 3.05) is 7.11 Å². The first kappa shape index (κ1) is 11.6. The Morgan fingerprint density at radius 1 is 1.50 bits per heavy atom. The van der Waals surface area contributed by atoms with E-state index < -0.39 is 16.8 Å². The van der Waals surface area contributed by atoms with Gasteiger partial charge in [0, 0.05) is 5.10 Å². The molecule has 0 aliphatic rings. The van der Waals surface area contributed by atoms with Gasteiger partial charge in [0.15, 0.2) is 11.5 Å². The number of hydrogen-bond acceptors (Lipinski definition) is 8. The quantitative estimate of drug-likeness (QED) is 0.414. The average molecular weight is 250 g/mol. The highest BCUT2D eigenvalue weighted by Crippen LogP contribution is 2.06. The van der Waals surface area contributed by atoms with E-state index in [0.29, 0.717) is 0 Å². The number of aromatic nitrogens is 5. The van der Waals surface area contributed by atoms with Crippen LogP contribution in [-0.4, -0.2) is 42.7 Å². The first-order valence-electron chi connectivity index (χ1n) is 4.58. The lowest BCUT2D eigenvalue weighted by molar-refractivity contribution is -0.394. The van der Waals surface area contributed by atoms with Crippen molar-refractivity contribution in [2.45, 2.75) is 0 Å². The number of carbonyl (C=O) groups excluding carboxylic acids is 1. The van der Waals surface area contributed by atoms with Crippen molar-refractivity contribution in [3.8, 4) is 5.82 Å². The van der Waals surface area contributed by atoms with Crippen molar-refractivity contribution in [2.24, 2.45) is 0 Å². The Kier molecular flexibility index (Phi) is 2.91. The van der Waals surface area contributed by atoms with Gasteiger partial charge in [0.05, 0.1) is 19.5 Å². The van der Waals surface area contributed by atoms with Crippen LogP contribution >= 0.6 is 0 Å². The maximum atomic E-state index is 11.2. The van der Waals surface area contributed by atoms with E-state index in [9.17, 15) is 14.9 Å². The number of nitrogens with zero attached hydrogens (tertiary/aromatic N) is 6. The summed E-state index contributed by atoms with van der Waals surface area (Å²) >= 11 is 0. The van der Waals surface area contributed by atoms with Gasteiger partial charge in [-0.1, -0.05) is 4.98 Å². The summed E-state index contributed by atoms with van der Waals surface area (Å²) in [4.78, 5) is 32.0. The smallest absolute Gasteiger partial charge is 0.464 e. The van der Waals surface area contributed by atoms with Crippen LogP contribution in [0.1, 0.15) is 10.5 Å². The van der Waals surface area contributed by atoms with Gasteiger partial charge < -0.3 is 14.9 Å². The van der Waals surface area contributed by atoms with Crippen LogP contribution in [0.2, 0.25) is 0 Å². The molecule has 0 radical (unpaired) electrons. The van der Waals surface area contributed by atoms with E-state index in [1.165, 1.54) is 19.5 Å². The van der Waals surface area contributed by atoms with Crippen LogP contribution in [0.3, 0.4) is 0 Å². The third-order valence-corrected chi connectivity index (χ3v) is 1.89. The number of hydrogen-bond donors (Lipinski definition) is 0. The number of nitro groups is 1. The Morgan fingerprint density at radius 3 is 2.89 bits per heavy atom. The van der Waals surface area contributed by atoms with Crippen LogP contribution in [0.25, 0.3) is 5.82 Å². The molecule has 2 aromatic heterocycles. The van der Waals surface area contributed by atoms with Gasteiger partial charge in [-0.05, 0) is 4.92 Å². The molecule has 0 amide bonds. The number of esters is 1. The summed E-state index contributed by atoms with van der Waals surface area (Å²) < 4.78 is 5.51. The largest absolute Gasteiger partial charge is 0.491 e. The highest BCUT2D eigenvalue weighted by atomic mass is 16.6. The topological polar surface area (TPSA) is 126 Å². The van der Waals surface area contributed by atoms with E-state index in [2.05, 4.69) is 24.8 Å². The first-order chi connectivity index (χ1) is 8.61. The Morgan fingerprint density at radius 2 is 2.28 bits per heavy atom. The third kappa shape index (κ3) is 2.11. The van der Waals surface area contributed by atoms with Crippen molar-refractivity contribution in [1.29, 1.82) is 0 Å². The second-order valence-electron chi connectivity index (χ2n) is 3.00. The molecular weight excluding hydrogens is 244 g/mol. The molecule has 2 heterocycles. The van der Waals surface area contributed by atoms with Gasteiger partial charge in [0.1, 0.15) is 0 Å². The molecule has 92 valence electrons. The van der Waals surface area contributed by atoms with E-state index in [1.54, 1.807) is 0 Å². The number of methoxy groups -OCH3 is 1. The zero-order chi connectivity index (χ0) is 13.1. The van der Waals surface area contributed by atoms with E-state index in [0.717, 1.165) is 11.0 Å². The van der Waals surface area contributed by atoms with Gasteiger partial charge in [-0.25, -0.2) is 9.78 Å². The highest BCUT2D eigenvalue weighted by Gasteiger charge is 2.16. The van der Waals surface area contributed by atoms with Gasteiger partial charge in [-0.15, -0.1) is 4.68 Å². The lowest BCUT2D eigenvalue weighted by atomic mass is 10.4. The minimum absolute atomic E-state index is 0.0341. The van der Waals surface area contributed by atoms with Gasteiger partial charge in [0.25, 0.3) is 0 Å². The Labute approximate surface area is 99.4 Å². The summed E-state index contributed by atoms with van der Waals surface area (Å²) in [7, 11) is 1.21. The highest BCUT2D eigenvalue weighted by molar-refractivity contribution is 5.86. The van der Waals surface area contributed by atoms with Crippen LogP contribution in [-0.2, 0) is 4.74 Å². The molecule has 2 rings (SSSR count). The lowest BCUT2D eigenvalue weighted by Gasteiger charge is -1.99. The van der Waals surface area contributed by atoms with Crippen LogP contribution < -0.4 is 0 Å². The molecule has 0 fully saturated rings. The van der Waals surface area contributed by atoms with Gasteiger partial charge in [0.2, 0.25) is 6.33 Å². The fraction of sp³-hybridized carbons (Fsp3) is 0.125. The van der Waals surface area contributed by atoms with Crippen molar-refractivity contribution in [3.63, 3.8) is 0 Å². The molecule has 0 saturated heterocycles. The summed E-state index contributed by atoms with van der Waals surface area (Å²) in [5, 5.41) is 14.0. The van der Waals surface area contributed by atoms with Crippen molar-refractivity contribution in [1.82, 2.24) is 24.7 Å². The molecule has 0 atom stereocenters. The fourth-order valence-corrected chi connectivity index (χ4v) is 1.12. The Hall–Kier alpha value is -2.91. The van der Waals surface area contributed by atoms with Crippen LogP contribution in [0.4, 0.5) is 5.95 Å². The standard InChI is InChI=1S/C8H6N6O4/c1-18-7(15)5-2-9-3-6(11-5)13-4-10-8(12-13)14(16)17/h2-4H,1H3. The second kappa shape index (κ2) is 4.53. The molecule has 0 unspecified atom stereocenters. The number of rotatable bonds is 3. The van der Waals surface area contributed by atoms with E-state index >= 15 is 0 Å². The van der Waals surface area contributed by atoms with Crippen LogP contribution in [0.15, 0.2) is 18.7 Å². The molecule has 0 aliphatic heterocycles. The van der Waals surface area contributed by atoms with Crippen molar-refractivity contribution < 1.29 is 14.5 Å². The fourth-order valence-electron chi connectivity index (χ4n) is 1.12. The molecule has 0 aliphatic carbocycles. The molecule has 0 saturated carbocycles. The maximum absolute atomic E-state index is 11.2. The normalized spacial score (nSPS) is 10.1. The van der Waals surface area contributed by atoms with Crippen molar-refractivity contribution in [3.05, 3.63) is 34.5 Å². The zero-order valence-electron chi connectivity index (χ0n) is 9.05. The predicted octanol–water partition coefficient (Wildman–Crippen LogP) is -0.248. The SMILES string of the molecule is COC(=O)c1cncc(-n2cnc([N+](=O)[O-])n2)n1. The van der Waals surface area contributed by atoms with Crippen LogP contribution in [0.5, 0.6) is 0 Å². The van der Waals surface area contributed by atoms with Gasteiger partial charge in [-0.3, -0.25) is 4.98 Å². The third-order valence-electron chi connectivity index (χ3n) is 1.89. The molecule has 2 aromatic rings. The summed E-state index contributed by atoms with van der Waals surface area (Å²) in [5.41, 5.74) is -0.0341. The summed E-state index contributed by atoms with van der Waals surface area (Å²) in [6, 6.07) is 0. The maximum Gasteiger partial charge on any atom is 0.491 e. The molecular formula is C8H6N6O4. The number of carbonyl (C=O) groups is 1. The predicted molar refractivity (Wildman–Crippen MR) is 54.9 cm³/mol. The monoisotopic (exact) mass is 250 g/mol. The van der Waals surface area contributed by atoms with E-state index in [1.807, 2.05) is 0 Å². The van der Waals surface area contributed by atoms with Gasteiger partial charge in [-0.2, -0.15) is 0 Å². The minimum atomic E-state index is -0.742. The summed E-state index contributed by atoms with van der Waals surface area (Å²) in [6.45, 7) is 0. The Bertz CT molecular complexity index is 609. The molecule has 10 heteroatoms.